The molecule has 0 fully saturated rings. The molecule has 2 rings (SSSR count). The molecule has 23 heavy (non-hydrogen) atoms. The zero-order valence-electron chi connectivity index (χ0n) is 15.7. The van der Waals surface area contributed by atoms with Gasteiger partial charge in [0.25, 0.3) is 0 Å². The van der Waals surface area contributed by atoms with Crippen LogP contribution >= 0.6 is 0 Å². The van der Waals surface area contributed by atoms with Gasteiger partial charge in [0, 0.05) is 30.7 Å². The number of nitrogens with zero attached hydrogens (tertiary/aromatic N) is 2. The minimum Gasteiger partial charge on any atom is -0.350 e. The number of aryl methyl sites for hydroxylation is 1. The zero-order chi connectivity index (χ0) is 16.8. The van der Waals surface area contributed by atoms with Crippen molar-refractivity contribution >= 4 is 10.9 Å². The third-order valence-electron chi connectivity index (χ3n) is 4.72. The van der Waals surface area contributed by atoms with Crippen molar-refractivity contribution in [1.82, 2.24) is 9.47 Å². The highest BCUT2D eigenvalue weighted by atomic mass is 15.1. The fourth-order valence-electron chi connectivity index (χ4n) is 3.12. The number of para-hydroxylation sites is 1. The average Bonchev–Trinajstić information content (AvgIpc) is 2.83. The third-order valence-corrected chi connectivity index (χ3v) is 4.72. The summed E-state index contributed by atoms with van der Waals surface area (Å²) in [6.07, 6.45) is 6.06. The molecule has 2 nitrogen and oxygen atoms in total. The van der Waals surface area contributed by atoms with Crippen LogP contribution in [0.15, 0.2) is 30.5 Å². The molecule has 0 saturated carbocycles. The maximum Gasteiger partial charge on any atom is 0.0480 e. The van der Waals surface area contributed by atoms with Crippen LogP contribution in [-0.4, -0.2) is 29.1 Å². The molecule has 1 aromatic heterocycles. The van der Waals surface area contributed by atoms with Gasteiger partial charge in [0.15, 0.2) is 0 Å². The predicted octanol–water partition coefficient (Wildman–Crippen LogP) is 5.12. The second kappa shape index (κ2) is 8.54. The summed E-state index contributed by atoms with van der Waals surface area (Å²) in [5.41, 5.74) is 2.83. The zero-order valence-corrected chi connectivity index (χ0v) is 15.7. The van der Waals surface area contributed by atoms with Crippen molar-refractivity contribution in [3.63, 3.8) is 0 Å². The standard InChI is InChI=1S/C21H34N2/c1-17(2)10-13-23(14-11-18(3)4)15-12-19-16-22(5)21-9-7-6-8-20(19)21/h6-9,16-18H,10-15H2,1-5H3. The van der Waals surface area contributed by atoms with E-state index in [1.165, 1.54) is 48.9 Å². The maximum atomic E-state index is 2.67. The predicted molar refractivity (Wildman–Crippen MR) is 102 cm³/mol. The first kappa shape index (κ1) is 18.1. The first-order valence-corrected chi connectivity index (χ1v) is 9.22. The van der Waals surface area contributed by atoms with E-state index in [1.807, 2.05) is 0 Å². The van der Waals surface area contributed by atoms with E-state index in [4.69, 9.17) is 0 Å². The van der Waals surface area contributed by atoms with Gasteiger partial charge in [0.2, 0.25) is 0 Å². The van der Waals surface area contributed by atoms with Gasteiger partial charge in [0.1, 0.15) is 0 Å². The quantitative estimate of drug-likeness (QED) is 0.624. The number of benzene rings is 1. The van der Waals surface area contributed by atoms with Crippen molar-refractivity contribution in [2.75, 3.05) is 19.6 Å². The molecule has 0 aliphatic carbocycles. The van der Waals surface area contributed by atoms with Gasteiger partial charge in [-0.3, -0.25) is 0 Å². The molecule has 0 atom stereocenters. The highest BCUT2D eigenvalue weighted by molar-refractivity contribution is 5.83. The molecule has 1 heterocycles. The van der Waals surface area contributed by atoms with E-state index in [-0.39, 0.29) is 0 Å². The largest absolute Gasteiger partial charge is 0.350 e. The fraction of sp³-hybridized carbons (Fsp3) is 0.619. The second-order valence-electron chi connectivity index (χ2n) is 7.74. The van der Waals surface area contributed by atoms with Gasteiger partial charge in [-0.1, -0.05) is 45.9 Å². The van der Waals surface area contributed by atoms with Crippen LogP contribution in [0.25, 0.3) is 10.9 Å². The van der Waals surface area contributed by atoms with Crippen molar-refractivity contribution in [3.05, 3.63) is 36.0 Å². The molecule has 2 aromatic rings. The van der Waals surface area contributed by atoms with Gasteiger partial charge in [-0.15, -0.1) is 0 Å². The minimum atomic E-state index is 0.786. The SMILES string of the molecule is CC(C)CCN(CCc1cn(C)c2ccccc12)CCC(C)C. The summed E-state index contributed by atoms with van der Waals surface area (Å²) < 4.78 is 2.26. The van der Waals surface area contributed by atoms with Crippen LogP contribution in [0.5, 0.6) is 0 Å². The topological polar surface area (TPSA) is 8.17 Å². The molecule has 0 N–H and O–H groups in total. The van der Waals surface area contributed by atoms with Crippen molar-refractivity contribution in [2.45, 2.75) is 47.0 Å². The highest BCUT2D eigenvalue weighted by Gasteiger charge is 2.10. The van der Waals surface area contributed by atoms with Crippen LogP contribution in [0.2, 0.25) is 0 Å². The lowest BCUT2D eigenvalue weighted by atomic mass is 10.1. The van der Waals surface area contributed by atoms with E-state index in [1.54, 1.807) is 0 Å². The molecule has 0 saturated heterocycles. The van der Waals surface area contributed by atoms with E-state index >= 15 is 0 Å². The molecule has 2 heteroatoms. The van der Waals surface area contributed by atoms with Gasteiger partial charge in [-0.05, 0) is 55.8 Å². The second-order valence-corrected chi connectivity index (χ2v) is 7.74. The summed E-state index contributed by atoms with van der Waals surface area (Å²) >= 11 is 0. The number of fused-ring (bicyclic) bond motifs is 1. The molecule has 0 aliphatic heterocycles. The Morgan fingerprint density at radius 3 is 2.13 bits per heavy atom. The molecule has 1 aromatic carbocycles. The minimum absolute atomic E-state index is 0.786. The number of hydrogen-bond acceptors (Lipinski definition) is 1. The van der Waals surface area contributed by atoms with E-state index in [0.717, 1.165) is 18.3 Å². The Hall–Kier alpha value is -1.28. The number of hydrogen-bond donors (Lipinski definition) is 0. The van der Waals surface area contributed by atoms with E-state index in [9.17, 15) is 0 Å². The van der Waals surface area contributed by atoms with Crippen LogP contribution in [0.1, 0.15) is 46.1 Å². The molecule has 0 radical (unpaired) electrons. The summed E-state index contributed by atoms with van der Waals surface area (Å²) in [4.78, 5) is 2.67. The molecule has 0 bridgehead atoms. The molecule has 128 valence electrons. The van der Waals surface area contributed by atoms with Crippen LogP contribution in [0.4, 0.5) is 0 Å². The smallest absolute Gasteiger partial charge is 0.0480 e. The Morgan fingerprint density at radius 2 is 1.52 bits per heavy atom. The average molecular weight is 315 g/mol. The third kappa shape index (κ3) is 5.39. The maximum absolute atomic E-state index is 2.67. The lowest BCUT2D eigenvalue weighted by Crippen LogP contribution is -2.30. The Bertz CT molecular complexity index is 583. The Kier molecular flexibility index (Phi) is 6.71. The van der Waals surface area contributed by atoms with Gasteiger partial charge in [-0.25, -0.2) is 0 Å². The monoisotopic (exact) mass is 314 g/mol. The number of aromatic nitrogens is 1. The van der Waals surface area contributed by atoms with E-state index < -0.39 is 0 Å². The number of rotatable bonds is 9. The van der Waals surface area contributed by atoms with Crippen molar-refractivity contribution in [1.29, 1.82) is 0 Å². The first-order valence-electron chi connectivity index (χ1n) is 9.22. The van der Waals surface area contributed by atoms with Crippen molar-refractivity contribution < 1.29 is 0 Å². The van der Waals surface area contributed by atoms with Gasteiger partial charge in [-0.2, -0.15) is 0 Å². The molecule has 0 aliphatic rings. The molecular formula is C21H34N2. The van der Waals surface area contributed by atoms with Crippen LogP contribution < -0.4 is 0 Å². The first-order chi connectivity index (χ1) is 11.0. The summed E-state index contributed by atoms with van der Waals surface area (Å²) in [5.74, 6) is 1.57. The summed E-state index contributed by atoms with van der Waals surface area (Å²) in [6, 6.07) is 8.76. The van der Waals surface area contributed by atoms with E-state index in [2.05, 4.69) is 74.7 Å². The molecular weight excluding hydrogens is 280 g/mol. The lowest BCUT2D eigenvalue weighted by molar-refractivity contribution is 0.246. The van der Waals surface area contributed by atoms with Crippen LogP contribution in [-0.2, 0) is 13.5 Å². The fourth-order valence-corrected chi connectivity index (χ4v) is 3.12. The summed E-state index contributed by atoms with van der Waals surface area (Å²) in [7, 11) is 2.15. The van der Waals surface area contributed by atoms with Crippen LogP contribution in [0.3, 0.4) is 0 Å². The van der Waals surface area contributed by atoms with Crippen LogP contribution in [0, 0.1) is 11.8 Å². The molecule has 0 unspecified atom stereocenters. The van der Waals surface area contributed by atoms with Crippen molar-refractivity contribution in [3.8, 4) is 0 Å². The Balaban J connectivity index is 2.00. The van der Waals surface area contributed by atoms with E-state index in [0.29, 0.717) is 0 Å². The normalized spacial score (nSPS) is 12.2. The lowest BCUT2D eigenvalue weighted by Gasteiger charge is -2.24. The Labute approximate surface area is 142 Å². The highest BCUT2D eigenvalue weighted by Crippen LogP contribution is 2.21. The van der Waals surface area contributed by atoms with Crippen molar-refractivity contribution in [2.24, 2.45) is 18.9 Å². The van der Waals surface area contributed by atoms with Gasteiger partial charge >= 0.3 is 0 Å². The summed E-state index contributed by atoms with van der Waals surface area (Å²) in [6.45, 7) is 12.9. The molecule has 0 spiro atoms. The van der Waals surface area contributed by atoms with Gasteiger partial charge < -0.3 is 9.47 Å². The summed E-state index contributed by atoms with van der Waals surface area (Å²) in [5, 5.41) is 1.42. The molecule has 0 amide bonds. The Morgan fingerprint density at radius 1 is 0.913 bits per heavy atom. The van der Waals surface area contributed by atoms with Gasteiger partial charge in [0.05, 0.1) is 0 Å².